The molecule has 6 nitrogen and oxygen atoms in total. The van der Waals surface area contributed by atoms with E-state index in [1.165, 1.54) is 35.1 Å². The van der Waals surface area contributed by atoms with Crippen molar-refractivity contribution < 1.29 is 31.1 Å². The molecule has 0 N–H and O–H groups in total. The first kappa shape index (κ1) is 22.4. The first-order chi connectivity index (χ1) is 14.4. The van der Waals surface area contributed by atoms with Gasteiger partial charge in [0.2, 0.25) is 0 Å². The molecule has 0 saturated heterocycles. The molecule has 0 atom stereocenters. The van der Waals surface area contributed by atoms with Crippen LogP contribution in [-0.4, -0.2) is 38.3 Å². The Kier molecular flexibility index (Phi) is 6.09. The molecule has 0 fully saturated rings. The first-order valence-corrected chi connectivity index (χ1v) is 8.90. The lowest BCUT2D eigenvalue weighted by atomic mass is 10.2. The predicted octanol–water partition coefficient (Wildman–Crippen LogP) is 4.07. The van der Waals surface area contributed by atoms with Crippen LogP contribution in [0, 0.1) is 0 Å². The van der Waals surface area contributed by atoms with E-state index in [-0.39, 0.29) is 23.0 Å². The monoisotopic (exact) mass is 446 g/mol. The third kappa shape index (κ3) is 6.09. The summed E-state index contributed by atoms with van der Waals surface area (Å²) in [5.74, 6) is -0.251. The zero-order valence-electron chi connectivity index (χ0n) is 16.0. The van der Waals surface area contributed by atoms with Crippen LogP contribution in [0.4, 0.5) is 26.3 Å². The fraction of sp³-hybridized carbons (Fsp3) is 0.316. The van der Waals surface area contributed by atoms with Crippen LogP contribution in [-0.2, 0) is 13.5 Å². The molecule has 0 amide bonds. The number of ether oxygens (including phenoxy) is 1. The number of benzene rings is 1. The molecule has 3 rings (SSSR count). The summed E-state index contributed by atoms with van der Waals surface area (Å²) in [5.41, 5.74) is 0.120. The third-order valence-electron chi connectivity index (χ3n) is 4.12. The highest BCUT2D eigenvalue weighted by Crippen LogP contribution is 2.24. The minimum absolute atomic E-state index is 0.106. The average Bonchev–Trinajstić information content (AvgIpc) is 3.10. The van der Waals surface area contributed by atoms with E-state index < -0.39 is 37.4 Å². The maximum atomic E-state index is 12.8. The smallest absolute Gasteiger partial charge is 0.422 e. The standard InChI is InChI=1S/C19H16F6N4O2/c1-28-10-12(9-26-28)15-8-17(30)29(16(27-15)6-7-18(20,21)22)13-2-4-14(5-3-13)31-11-19(23,24)25/h2-5,8-10H,6-7,11H2,1H3. The summed E-state index contributed by atoms with van der Waals surface area (Å²) in [7, 11) is 1.64. The Labute approximate surface area is 171 Å². The molecule has 0 unspecified atom stereocenters. The third-order valence-corrected chi connectivity index (χ3v) is 4.12. The average molecular weight is 446 g/mol. The van der Waals surface area contributed by atoms with Gasteiger partial charge in [0.05, 0.1) is 24.0 Å². The van der Waals surface area contributed by atoms with E-state index in [2.05, 4.69) is 14.8 Å². The first-order valence-electron chi connectivity index (χ1n) is 8.90. The summed E-state index contributed by atoms with van der Waals surface area (Å²) < 4.78 is 82.3. The predicted molar refractivity (Wildman–Crippen MR) is 98.0 cm³/mol. The van der Waals surface area contributed by atoms with Crippen molar-refractivity contribution in [2.45, 2.75) is 25.2 Å². The van der Waals surface area contributed by atoms with Gasteiger partial charge in [-0.1, -0.05) is 0 Å². The molecular weight excluding hydrogens is 430 g/mol. The molecule has 12 heteroatoms. The summed E-state index contributed by atoms with van der Waals surface area (Å²) in [6.07, 6.45) is -7.78. The largest absolute Gasteiger partial charge is 0.484 e. The van der Waals surface area contributed by atoms with Crippen molar-refractivity contribution >= 4 is 0 Å². The van der Waals surface area contributed by atoms with Gasteiger partial charge in [0.1, 0.15) is 11.6 Å². The second-order valence-corrected chi connectivity index (χ2v) is 6.65. The summed E-state index contributed by atoms with van der Waals surface area (Å²) in [5, 5.41) is 3.96. The quantitative estimate of drug-likeness (QED) is 0.536. The van der Waals surface area contributed by atoms with Gasteiger partial charge < -0.3 is 4.74 Å². The van der Waals surface area contributed by atoms with Crippen molar-refractivity contribution in [2.24, 2.45) is 7.05 Å². The Morgan fingerprint density at radius 3 is 2.26 bits per heavy atom. The molecule has 0 aliphatic carbocycles. The van der Waals surface area contributed by atoms with Crippen LogP contribution in [0.5, 0.6) is 5.75 Å². The van der Waals surface area contributed by atoms with E-state index in [1.807, 2.05) is 0 Å². The fourth-order valence-corrected chi connectivity index (χ4v) is 2.79. The van der Waals surface area contributed by atoms with Crippen LogP contribution in [0.3, 0.4) is 0 Å². The maximum Gasteiger partial charge on any atom is 0.422 e. The van der Waals surface area contributed by atoms with Gasteiger partial charge in [-0.2, -0.15) is 31.4 Å². The zero-order chi connectivity index (χ0) is 22.8. The van der Waals surface area contributed by atoms with Gasteiger partial charge in [-0.15, -0.1) is 0 Å². The topological polar surface area (TPSA) is 61.9 Å². The number of aryl methyl sites for hydroxylation is 2. The Balaban J connectivity index is 1.98. The van der Waals surface area contributed by atoms with Gasteiger partial charge in [0, 0.05) is 31.3 Å². The Morgan fingerprint density at radius 2 is 1.71 bits per heavy atom. The summed E-state index contributed by atoms with van der Waals surface area (Å²) in [4.78, 5) is 17.0. The van der Waals surface area contributed by atoms with E-state index >= 15 is 0 Å². The van der Waals surface area contributed by atoms with Gasteiger partial charge in [0.25, 0.3) is 5.56 Å². The molecule has 0 aliphatic heterocycles. The highest BCUT2D eigenvalue weighted by molar-refractivity contribution is 5.57. The number of rotatable bonds is 6. The Morgan fingerprint density at radius 1 is 1.03 bits per heavy atom. The van der Waals surface area contributed by atoms with Crippen molar-refractivity contribution in [2.75, 3.05) is 6.61 Å². The molecule has 0 spiro atoms. The van der Waals surface area contributed by atoms with Crippen molar-refractivity contribution in [3.63, 3.8) is 0 Å². The van der Waals surface area contributed by atoms with E-state index in [1.54, 1.807) is 13.2 Å². The molecule has 3 aromatic rings. The lowest BCUT2D eigenvalue weighted by Gasteiger charge is -2.15. The van der Waals surface area contributed by atoms with E-state index in [4.69, 9.17) is 0 Å². The van der Waals surface area contributed by atoms with E-state index in [0.29, 0.717) is 5.56 Å². The summed E-state index contributed by atoms with van der Waals surface area (Å²) >= 11 is 0. The Hall–Kier alpha value is -3.31. The van der Waals surface area contributed by atoms with Crippen molar-refractivity contribution in [1.29, 1.82) is 0 Å². The summed E-state index contributed by atoms with van der Waals surface area (Å²) in [6, 6.07) is 6.08. The second-order valence-electron chi connectivity index (χ2n) is 6.65. The van der Waals surface area contributed by atoms with Crippen molar-refractivity contribution in [3.05, 3.63) is 58.9 Å². The van der Waals surface area contributed by atoms with Gasteiger partial charge in [-0.05, 0) is 24.3 Å². The normalized spacial score (nSPS) is 12.2. The minimum atomic E-state index is -4.52. The molecule has 0 bridgehead atoms. The minimum Gasteiger partial charge on any atom is -0.484 e. The summed E-state index contributed by atoms with van der Waals surface area (Å²) in [6.45, 7) is -1.50. The van der Waals surface area contributed by atoms with Crippen LogP contribution in [0.25, 0.3) is 16.9 Å². The number of nitrogens with zero attached hydrogens (tertiary/aromatic N) is 4. The van der Waals surface area contributed by atoms with E-state index in [9.17, 15) is 31.1 Å². The molecule has 2 aromatic heterocycles. The molecule has 0 aliphatic rings. The fourth-order valence-electron chi connectivity index (χ4n) is 2.79. The number of hydrogen-bond donors (Lipinski definition) is 0. The number of aromatic nitrogens is 4. The molecule has 2 heterocycles. The van der Waals surface area contributed by atoms with Gasteiger partial charge >= 0.3 is 12.4 Å². The van der Waals surface area contributed by atoms with Gasteiger partial charge in [-0.3, -0.25) is 14.0 Å². The highest BCUT2D eigenvalue weighted by Gasteiger charge is 2.29. The van der Waals surface area contributed by atoms with Gasteiger partial charge in [-0.25, -0.2) is 4.98 Å². The van der Waals surface area contributed by atoms with Crippen molar-refractivity contribution in [1.82, 2.24) is 19.3 Å². The zero-order valence-corrected chi connectivity index (χ0v) is 16.0. The molecule has 0 radical (unpaired) electrons. The van der Waals surface area contributed by atoms with Crippen molar-refractivity contribution in [3.8, 4) is 22.7 Å². The lowest BCUT2D eigenvalue weighted by Crippen LogP contribution is -2.24. The van der Waals surface area contributed by atoms with Crippen LogP contribution < -0.4 is 10.3 Å². The second kappa shape index (κ2) is 8.44. The van der Waals surface area contributed by atoms with E-state index in [0.717, 1.165) is 10.6 Å². The number of alkyl halides is 6. The lowest BCUT2D eigenvalue weighted by molar-refractivity contribution is -0.153. The van der Waals surface area contributed by atoms with Gasteiger partial charge in [0.15, 0.2) is 6.61 Å². The van der Waals surface area contributed by atoms with Crippen LogP contribution in [0.1, 0.15) is 12.2 Å². The molecule has 0 saturated carbocycles. The van der Waals surface area contributed by atoms with Crippen LogP contribution >= 0.6 is 0 Å². The molecule has 1 aromatic carbocycles. The highest BCUT2D eigenvalue weighted by atomic mass is 19.4. The van der Waals surface area contributed by atoms with Crippen LogP contribution in [0.2, 0.25) is 0 Å². The Bertz CT molecular complexity index is 1100. The number of hydrogen-bond acceptors (Lipinski definition) is 4. The molecule has 31 heavy (non-hydrogen) atoms. The maximum absolute atomic E-state index is 12.8. The number of halogens is 6. The molecule has 166 valence electrons. The SMILES string of the molecule is Cn1cc(-c2cc(=O)n(-c3ccc(OCC(F)(F)F)cc3)c(CCC(F)(F)F)n2)cn1. The molecular formula is C19H16F6N4O2. The van der Waals surface area contributed by atoms with Crippen LogP contribution in [0.15, 0.2) is 47.5 Å².